The van der Waals surface area contributed by atoms with Crippen molar-refractivity contribution in [3.63, 3.8) is 0 Å². The fraction of sp³-hybridized carbons (Fsp3) is 0.156. The van der Waals surface area contributed by atoms with E-state index in [-0.39, 0.29) is 5.91 Å². The molecule has 2 N–H and O–H groups in total. The number of aryl methyl sites for hydroxylation is 1. The van der Waals surface area contributed by atoms with Crippen molar-refractivity contribution < 1.29 is 14.3 Å². The first kappa shape index (κ1) is 25.2. The number of hydrogen-bond acceptors (Lipinski definition) is 6. The standard InChI is InChI=1S/C32H29N5O3/c1-21-30(4-3-12-34-21)40-15-11-22-5-10-27-29(16-22)36-32(38)26-9-8-23(17-28(26)35-27)24-6-7-25(31(18-24)39-2)19-37-14-13-33-20-37/h3-10,12-14,16-18,20,35H,11,15,19H2,1-2H3,(H,36,38). The Balaban J connectivity index is 1.21. The van der Waals surface area contributed by atoms with Crippen molar-refractivity contribution in [2.75, 3.05) is 24.4 Å². The second-order valence-electron chi connectivity index (χ2n) is 9.67. The van der Waals surface area contributed by atoms with Gasteiger partial charge in [0, 0.05) is 30.6 Å². The number of nitrogens with zero attached hydrogens (tertiary/aromatic N) is 3. The molecular weight excluding hydrogens is 502 g/mol. The number of aromatic nitrogens is 3. The fourth-order valence-corrected chi connectivity index (χ4v) is 4.85. The monoisotopic (exact) mass is 531 g/mol. The van der Waals surface area contributed by atoms with E-state index in [1.54, 1.807) is 25.8 Å². The number of benzene rings is 3. The molecule has 0 unspecified atom stereocenters. The third-order valence-corrected chi connectivity index (χ3v) is 7.00. The Bertz CT molecular complexity index is 1680. The molecule has 0 aliphatic carbocycles. The number of carbonyl (C=O) groups is 1. The molecule has 40 heavy (non-hydrogen) atoms. The first-order valence-corrected chi connectivity index (χ1v) is 13.1. The molecule has 5 aromatic rings. The molecule has 1 amide bonds. The van der Waals surface area contributed by atoms with Gasteiger partial charge >= 0.3 is 0 Å². The average Bonchev–Trinajstić information content (AvgIpc) is 3.44. The second kappa shape index (κ2) is 10.9. The quantitative estimate of drug-likeness (QED) is 0.246. The van der Waals surface area contributed by atoms with E-state index in [1.165, 1.54) is 0 Å². The van der Waals surface area contributed by atoms with Crippen LogP contribution < -0.4 is 20.1 Å². The van der Waals surface area contributed by atoms with Crippen LogP contribution in [-0.2, 0) is 13.0 Å². The van der Waals surface area contributed by atoms with Crippen LogP contribution in [0.1, 0.15) is 27.2 Å². The molecule has 0 radical (unpaired) electrons. The van der Waals surface area contributed by atoms with E-state index >= 15 is 0 Å². The number of amides is 1. The lowest BCUT2D eigenvalue weighted by Crippen LogP contribution is -2.11. The summed E-state index contributed by atoms with van der Waals surface area (Å²) in [4.78, 5) is 21.5. The Labute approximate surface area is 232 Å². The highest BCUT2D eigenvalue weighted by molar-refractivity contribution is 6.12. The van der Waals surface area contributed by atoms with E-state index < -0.39 is 0 Å². The Morgan fingerprint density at radius 1 is 0.875 bits per heavy atom. The van der Waals surface area contributed by atoms with Gasteiger partial charge in [-0.3, -0.25) is 9.78 Å². The first-order chi connectivity index (χ1) is 19.6. The summed E-state index contributed by atoms with van der Waals surface area (Å²) in [6.45, 7) is 3.11. The van der Waals surface area contributed by atoms with Gasteiger partial charge < -0.3 is 24.7 Å². The van der Waals surface area contributed by atoms with Crippen molar-refractivity contribution in [3.8, 4) is 22.6 Å². The Kier molecular flexibility index (Phi) is 6.89. The molecule has 6 rings (SSSR count). The van der Waals surface area contributed by atoms with E-state index in [0.717, 1.165) is 56.5 Å². The topological polar surface area (TPSA) is 90.3 Å². The summed E-state index contributed by atoms with van der Waals surface area (Å²) in [5.74, 6) is 1.43. The lowest BCUT2D eigenvalue weighted by molar-refractivity contribution is 0.102. The first-order valence-electron chi connectivity index (χ1n) is 13.1. The Morgan fingerprint density at radius 2 is 1.75 bits per heavy atom. The van der Waals surface area contributed by atoms with Crippen LogP contribution in [0.15, 0.2) is 91.6 Å². The third kappa shape index (κ3) is 5.24. The Hall–Kier alpha value is -5.11. The van der Waals surface area contributed by atoms with Crippen LogP contribution in [0.25, 0.3) is 11.1 Å². The molecule has 3 heterocycles. The number of methoxy groups -OCH3 is 1. The summed E-state index contributed by atoms with van der Waals surface area (Å²) in [5.41, 5.74) is 7.88. The van der Waals surface area contributed by atoms with Crippen LogP contribution in [0, 0.1) is 6.92 Å². The van der Waals surface area contributed by atoms with Gasteiger partial charge in [0.1, 0.15) is 11.5 Å². The molecule has 0 bridgehead atoms. The SMILES string of the molecule is COc1cc(-c2ccc3c(c2)Nc2ccc(CCOc4cccnc4C)cc2NC3=O)ccc1Cn1ccnc1. The predicted molar refractivity (Wildman–Crippen MR) is 156 cm³/mol. The largest absolute Gasteiger partial charge is 0.496 e. The fourth-order valence-electron chi connectivity index (χ4n) is 4.85. The predicted octanol–water partition coefficient (Wildman–Crippen LogP) is 6.24. The number of anilines is 3. The summed E-state index contributed by atoms with van der Waals surface area (Å²) in [5, 5.41) is 6.53. The smallest absolute Gasteiger partial charge is 0.257 e. The van der Waals surface area contributed by atoms with E-state index in [2.05, 4.69) is 38.8 Å². The highest BCUT2D eigenvalue weighted by Gasteiger charge is 2.20. The third-order valence-electron chi connectivity index (χ3n) is 7.00. The summed E-state index contributed by atoms with van der Waals surface area (Å²) < 4.78 is 13.6. The summed E-state index contributed by atoms with van der Waals surface area (Å²) >= 11 is 0. The van der Waals surface area contributed by atoms with Gasteiger partial charge in [-0.2, -0.15) is 0 Å². The molecule has 3 aromatic carbocycles. The Morgan fingerprint density at radius 3 is 2.58 bits per heavy atom. The molecule has 200 valence electrons. The summed E-state index contributed by atoms with van der Waals surface area (Å²) in [6.07, 6.45) is 7.93. The highest BCUT2D eigenvalue weighted by Crippen LogP contribution is 2.36. The molecule has 0 fully saturated rings. The zero-order valence-electron chi connectivity index (χ0n) is 22.3. The van der Waals surface area contributed by atoms with E-state index in [0.29, 0.717) is 25.1 Å². The van der Waals surface area contributed by atoms with Gasteiger partial charge in [-0.05, 0) is 66.1 Å². The minimum Gasteiger partial charge on any atom is -0.496 e. The van der Waals surface area contributed by atoms with Crippen molar-refractivity contribution >= 4 is 23.0 Å². The minimum atomic E-state index is -0.152. The molecule has 1 aliphatic heterocycles. The number of carbonyl (C=O) groups excluding carboxylic acids is 1. The molecule has 0 atom stereocenters. The van der Waals surface area contributed by atoms with Crippen molar-refractivity contribution in [2.45, 2.75) is 19.9 Å². The van der Waals surface area contributed by atoms with Crippen LogP contribution in [0.5, 0.6) is 11.5 Å². The van der Waals surface area contributed by atoms with Gasteiger partial charge in [-0.1, -0.05) is 24.3 Å². The molecule has 2 aromatic heterocycles. The van der Waals surface area contributed by atoms with Gasteiger partial charge in [0.25, 0.3) is 5.91 Å². The molecule has 0 saturated heterocycles. The number of hydrogen-bond donors (Lipinski definition) is 2. The number of ether oxygens (including phenoxy) is 2. The summed E-state index contributed by atoms with van der Waals surface area (Å²) in [7, 11) is 1.68. The minimum absolute atomic E-state index is 0.152. The molecule has 8 heteroatoms. The van der Waals surface area contributed by atoms with Crippen molar-refractivity contribution in [1.82, 2.24) is 14.5 Å². The van der Waals surface area contributed by atoms with Crippen molar-refractivity contribution in [2.24, 2.45) is 0 Å². The number of rotatable bonds is 8. The maximum absolute atomic E-state index is 13.2. The number of fused-ring (bicyclic) bond motifs is 2. The van der Waals surface area contributed by atoms with Gasteiger partial charge in [-0.15, -0.1) is 0 Å². The van der Waals surface area contributed by atoms with Gasteiger partial charge in [-0.25, -0.2) is 4.98 Å². The van der Waals surface area contributed by atoms with E-state index in [9.17, 15) is 4.79 Å². The van der Waals surface area contributed by atoms with Gasteiger partial charge in [0.15, 0.2) is 0 Å². The zero-order chi connectivity index (χ0) is 27.5. The van der Waals surface area contributed by atoms with E-state index in [1.807, 2.05) is 66.2 Å². The lowest BCUT2D eigenvalue weighted by Gasteiger charge is -2.14. The number of pyridine rings is 1. The average molecular weight is 532 g/mol. The van der Waals surface area contributed by atoms with Crippen LogP contribution in [0.2, 0.25) is 0 Å². The van der Waals surface area contributed by atoms with Gasteiger partial charge in [0.2, 0.25) is 0 Å². The van der Waals surface area contributed by atoms with Crippen LogP contribution in [0.3, 0.4) is 0 Å². The zero-order valence-corrected chi connectivity index (χ0v) is 22.3. The van der Waals surface area contributed by atoms with Crippen LogP contribution >= 0.6 is 0 Å². The number of imidazole rings is 1. The maximum Gasteiger partial charge on any atom is 0.257 e. The summed E-state index contributed by atoms with van der Waals surface area (Å²) in [6, 6.07) is 21.8. The van der Waals surface area contributed by atoms with Crippen molar-refractivity contribution in [1.29, 1.82) is 0 Å². The molecule has 1 aliphatic rings. The molecule has 8 nitrogen and oxygen atoms in total. The number of nitrogens with one attached hydrogen (secondary N) is 2. The second-order valence-corrected chi connectivity index (χ2v) is 9.67. The molecule has 0 spiro atoms. The van der Waals surface area contributed by atoms with E-state index in [4.69, 9.17) is 9.47 Å². The van der Waals surface area contributed by atoms with Crippen LogP contribution in [0.4, 0.5) is 17.1 Å². The normalized spacial score (nSPS) is 12.0. The highest BCUT2D eigenvalue weighted by atomic mass is 16.5. The van der Waals surface area contributed by atoms with Crippen molar-refractivity contribution in [3.05, 3.63) is 114 Å². The maximum atomic E-state index is 13.2. The molecule has 0 saturated carbocycles. The van der Waals surface area contributed by atoms with Crippen LogP contribution in [-0.4, -0.2) is 34.2 Å². The van der Waals surface area contributed by atoms with Gasteiger partial charge in [0.05, 0.1) is 54.9 Å². The molecular formula is C32H29N5O3. The lowest BCUT2D eigenvalue weighted by atomic mass is 10.00.